The van der Waals surface area contributed by atoms with Gasteiger partial charge in [0.1, 0.15) is 5.75 Å². The summed E-state index contributed by atoms with van der Waals surface area (Å²) in [6, 6.07) is 8.13. The van der Waals surface area contributed by atoms with Gasteiger partial charge in [-0.1, -0.05) is 12.1 Å². The van der Waals surface area contributed by atoms with Gasteiger partial charge in [-0.25, -0.2) is 0 Å². The van der Waals surface area contributed by atoms with E-state index >= 15 is 0 Å². The van der Waals surface area contributed by atoms with Gasteiger partial charge >= 0.3 is 0 Å². The number of benzene rings is 1. The summed E-state index contributed by atoms with van der Waals surface area (Å²) in [4.78, 5) is 6.55. The Morgan fingerprint density at radius 1 is 1.26 bits per heavy atom. The number of rotatable bonds is 5. The molecule has 1 aromatic rings. The van der Waals surface area contributed by atoms with Gasteiger partial charge in [-0.05, 0) is 31.0 Å². The van der Waals surface area contributed by atoms with Gasteiger partial charge < -0.3 is 15.0 Å². The Labute approximate surface area is 133 Å². The summed E-state index contributed by atoms with van der Waals surface area (Å²) in [5.74, 6) is 1.83. The van der Waals surface area contributed by atoms with Gasteiger partial charge in [0, 0.05) is 27.2 Å². The number of nitrogens with one attached hydrogen (secondary N) is 1. The first-order chi connectivity index (χ1) is 8.67. The summed E-state index contributed by atoms with van der Waals surface area (Å²) < 4.78 is 5.13. The molecule has 0 saturated carbocycles. The molecule has 0 heterocycles. The zero-order valence-electron chi connectivity index (χ0n) is 12.1. The first-order valence-corrected chi connectivity index (χ1v) is 6.26. The van der Waals surface area contributed by atoms with E-state index in [1.807, 2.05) is 31.1 Å². The van der Waals surface area contributed by atoms with Crippen LogP contribution in [0.4, 0.5) is 0 Å². The molecule has 0 aromatic heterocycles. The van der Waals surface area contributed by atoms with Crippen LogP contribution >= 0.6 is 24.0 Å². The van der Waals surface area contributed by atoms with Crippen molar-refractivity contribution in [1.82, 2.24) is 10.2 Å². The Hall–Kier alpha value is -0.980. The van der Waals surface area contributed by atoms with Crippen LogP contribution in [0.15, 0.2) is 29.3 Å². The van der Waals surface area contributed by atoms with Crippen molar-refractivity contribution in [1.29, 1.82) is 0 Å². The van der Waals surface area contributed by atoms with Gasteiger partial charge in [-0.3, -0.25) is 4.99 Å². The van der Waals surface area contributed by atoms with Crippen LogP contribution in [0.5, 0.6) is 5.75 Å². The molecule has 0 aliphatic carbocycles. The first-order valence-electron chi connectivity index (χ1n) is 6.26. The fourth-order valence-electron chi connectivity index (χ4n) is 1.60. The summed E-state index contributed by atoms with van der Waals surface area (Å²) in [6.45, 7) is 3.74. The van der Waals surface area contributed by atoms with Crippen molar-refractivity contribution >= 4 is 29.9 Å². The van der Waals surface area contributed by atoms with Crippen LogP contribution in [0.25, 0.3) is 0 Å². The third-order valence-electron chi connectivity index (χ3n) is 2.58. The van der Waals surface area contributed by atoms with Crippen LogP contribution in [0.3, 0.4) is 0 Å². The zero-order valence-corrected chi connectivity index (χ0v) is 14.5. The number of halogens is 1. The average Bonchev–Trinajstić information content (AvgIpc) is 2.38. The smallest absolute Gasteiger partial charge is 0.193 e. The van der Waals surface area contributed by atoms with E-state index in [4.69, 9.17) is 4.74 Å². The normalized spacial score (nSPS) is 10.6. The van der Waals surface area contributed by atoms with Crippen molar-refractivity contribution < 1.29 is 4.74 Å². The lowest BCUT2D eigenvalue weighted by Gasteiger charge is -2.16. The summed E-state index contributed by atoms with van der Waals surface area (Å²) >= 11 is 0. The van der Waals surface area contributed by atoms with E-state index in [2.05, 4.69) is 29.4 Å². The average molecular weight is 377 g/mol. The van der Waals surface area contributed by atoms with Crippen molar-refractivity contribution in [3.8, 4) is 5.75 Å². The fraction of sp³-hybridized carbons (Fsp3) is 0.500. The highest BCUT2D eigenvalue weighted by Crippen LogP contribution is 2.11. The molecular formula is C14H24IN3O. The molecule has 0 atom stereocenters. The minimum atomic E-state index is 0. The maximum Gasteiger partial charge on any atom is 0.193 e. The molecule has 0 fully saturated rings. The molecule has 0 saturated heterocycles. The lowest BCUT2D eigenvalue weighted by Crippen LogP contribution is -2.36. The van der Waals surface area contributed by atoms with Crippen LogP contribution in [0, 0.1) is 0 Å². The zero-order chi connectivity index (χ0) is 13.4. The molecule has 0 radical (unpaired) electrons. The van der Waals surface area contributed by atoms with E-state index in [0.717, 1.165) is 31.2 Å². The Kier molecular flexibility index (Phi) is 9.38. The van der Waals surface area contributed by atoms with Crippen LogP contribution in [0.2, 0.25) is 0 Å². The van der Waals surface area contributed by atoms with Gasteiger partial charge in [0.25, 0.3) is 0 Å². The third-order valence-corrected chi connectivity index (χ3v) is 2.58. The maximum atomic E-state index is 5.13. The van der Waals surface area contributed by atoms with Gasteiger partial charge in [-0.15, -0.1) is 24.0 Å². The molecule has 19 heavy (non-hydrogen) atoms. The maximum absolute atomic E-state index is 5.13. The molecule has 108 valence electrons. The number of ether oxygens (including phenoxy) is 1. The van der Waals surface area contributed by atoms with Crippen molar-refractivity contribution in [3.63, 3.8) is 0 Å². The second-order valence-corrected chi connectivity index (χ2v) is 4.23. The summed E-state index contributed by atoms with van der Waals surface area (Å²) in [5.41, 5.74) is 1.27. The van der Waals surface area contributed by atoms with E-state index in [0.29, 0.717) is 0 Å². The lowest BCUT2D eigenvalue weighted by molar-refractivity contribution is 0.414. The highest BCUT2D eigenvalue weighted by Gasteiger charge is 1.99. The number of hydrogen-bond acceptors (Lipinski definition) is 2. The summed E-state index contributed by atoms with van der Waals surface area (Å²) in [6.07, 6.45) is 0.937. The van der Waals surface area contributed by atoms with Gasteiger partial charge in [0.15, 0.2) is 5.96 Å². The minimum absolute atomic E-state index is 0. The minimum Gasteiger partial charge on any atom is -0.497 e. The highest BCUT2D eigenvalue weighted by atomic mass is 127. The number of aliphatic imine (C=N–C) groups is 1. The van der Waals surface area contributed by atoms with E-state index < -0.39 is 0 Å². The Morgan fingerprint density at radius 3 is 2.37 bits per heavy atom. The van der Waals surface area contributed by atoms with Gasteiger partial charge in [0.05, 0.1) is 7.11 Å². The number of hydrogen-bond donors (Lipinski definition) is 1. The summed E-state index contributed by atoms with van der Waals surface area (Å²) in [7, 11) is 5.67. The number of nitrogens with zero attached hydrogens (tertiary/aromatic N) is 2. The monoisotopic (exact) mass is 377 g/mol. The Morgan fingerprint density at radius 2 is 1.89 bits per heavy atom. The van der Waals surface area contributed by atoms with Crippen LogP contribution in [-0.2, 0) is 6.42 Å². The predicted octanol–water partition coefficient (Wildman–Crippen LogP) is 2.38. The number of methoxy groups -OCH3 is 1. The SMILES string of the molecule is CCNC(=NCCc1ccc(OC)cc1)N(C)C.I. The molecule has 0 aliphatic rings. The molecular weight excluding hydrogens is 353 g/mol. The molecule has 1 aromatic carbocycles. The Bertz CT molecular complexity index is 377. The quantitative estimate of drug-likeness (QED) is 0.487. The van der Waals surface area contributed by atoms with Gasteiger partial charge in [0.2, 0.25) is 0 Å². The van der Waals surface area contributed by atoms with Crippen LogP contribution < -0.4 is 10.1 Å². The van der Waals surface area contributed by atoms with Crippen molar-refractivity contribution in [2.24, 2.45) is 4.99 Å². The predicted molar refractivity (Wildman–Crippen MR) is 91.8 cm³/mol. The second kappa shape index (κ2) is 9.89. The van der Waals surface area contributed by atoms with Crippen molar-refractivity contribution in [3.05, 3.63) is 29.8 Å². The Balaban J connectivity index is 0.00000324. The largest absolute Gasteiger partial charge is 0.497 e. The summed E-state index contributed by atoms with van der Waals surface area (Å²) in [5, 5.41) is 3.24. The van der Waals surface area contributed by atoms with Crippen LogP contribution in [0.1, 0.15) is 12.5 Å². The topological polar surface area (TPSA) is 36.9 Å². The molecule has 0 aliphatic heterocycles. The van der Waals surface area contributed by atoms with Gasteiger partial charge in [-0.2, -0.15) is 0 Å². The lowest BCUT2D eigenvalue weighted by atomic mass is 10.1. The molecule has 0 spiro atoms. The molecule has 0 bridgehead atoms. The van der Waals surface area contributed by atoms with E-state index in [-0.39, 0.29) is 24.0 Å². The molecule has 1 rings (SSSR count). The van der Waals surface area contributed by atoms with E-state index in [1.165, 1.54) is 5.56 Å². The molecule has 4 nitrogen and oxygen atoms in total. The highest BCUT2D eigenvalue weighted by molar-refractivity contribution is 14.0. The van der Waals surface area contributed by atoms with Crippen molar-refractivity contribution in [2.75, 3.05) is 34.3 Å². The second-order valence-electron chi connectivity index (χ2n) is 4.23. The molecule has 5 heteroatoms. The fourth-order valence-corrected chi connectivity index (χ4v) is 1.60. The number of guanidine groups is 1. The standard InChI is InChI=1S/C14H23N3O.HI/c1-5-15-14(17(2)3)16-11-10-12-6-8-13(18-4)9-7-12;/h6-9H,5,10-11H2,1-4H3,(H,15,16);1H. The molecule has 1 N–H and O–H groups in total. The van der Waals surface area contributed by atoms with Crippen molar-refractivity contribution in [2.45, 2.75) is 13.3 Å². The van der Waals surface area contributed by atoms with Crippen LogP contribution in [-0.4, -0.2) is 45.2 Å². The third kappa shape index (κ3) is 6.66. The van der Waals surface area contributed by atoms with E-state index in [9.17, 15) is 0 Å². The molecule has 0 unspecified atom stereocenters. The first kappa shape index (κ1) is 18.0. The molecule has 0 amide bonds. The van der Waals surface area contributed by atoms with E-state index in [1.54, 1.807) is 7.11 Å².